The summed E-state index contributed by atoms with van der Waals surface area (Å²) in [4.78, 5) is 9.29. The smallest absolute Gasteiger partial charge is 0.0967 e. The first kappa shape index (κ1) is 15.0. The molecule has 2 heteroatoms. The van der Waals surface area contributed by atoms with Gasteiger partial charge in [-0.15, -0.1) is 0 Å². The lowest BCUT2D eigenvalue weighted by Gasteiger charge is -2.32. The molecule has 3 aromatic rings. The molecule has 0 aliphatic heterocycles. The summed E-state index contributed by atoms with van der Waals surface area (Å²) in [5.41, 5.74) is 4.90. The van der Waals surface area contributed by atoms with Crippen molar-refractivity contribution in [2.24, 2.45) is 0 Å². The Morgan fingerprint density at radius 3 is 1.32 bits per heavy atom. The fourth-order valence-corrected chi connectivity index (χ4v) is 3.42. The largest absolute Gasteiger partial charge is 0.254 e. The molecule has 2 heterocycles. The average Bonchev–Trinajstić information content (AvgIpc) is 2.43. The average molecular weight is 292 g/mol. The Morgan fingerprint density at radius 1 is 0.636 bits per heavy atom. The van der Waals surface area contributed by atoms with E-state index in [9.17, 15) is 0 Å². The van der Waals surface area contributed by atoms with Gasteiger partial charge in [-0.2, -0.15) is 0 Å². The second-order valence-corrected chi connectivity index (χ2v) is 8.05. The third-order valence-corrected chi connectivity index (χ3v) is 4.13. The maximum Gasteiger partial charge on any atom is 0.0967 e. The molecule has 22 heavy (non-hydrogen) atoms. The molecule has 0 fully saturated rings. The zero-order valence-electron chi connectivity index (χ0n) is 14.4. The van der Waals surface area contributed by atoms with Crippen molar-refractivity contribution < 1.29 is 0 Å². The molecular weight excluding hydrogens is 268 g/mol. The molecule has 1 aromatic carbocycles. The molecule has 0 amide bonds. The number of hydrogen-bond donors (Lipinski definition) is 0. The molecule has 0 radical (unpaired) electrons. The minimum Gasteiger partial charge on any atom is -0.254 e. The van der Waals surface area contributed by atoms with Gasteiger partial charge in [0.1, 0.15) is 0 Å². The molecule has 0 atom stereocenters. The van der Waals surface area contributed by atoms with E-state index in [1.165, 1.54) is 21.9 Å². The highest BCUT2D eigenvalue weighted by atomic mass is 14.7. The second kappa shape index (κ2) is 4.77. The van der Waals surface area contributed by atoms with E-state index in [1.807, 2.05) is 24.5 Å². The van der Waals surface area contributed by atoms with Gasteiger partial charge in [-0.25, -0.2) is 0 Å². The van der Waals surface area contributed by atoms with Crippen LogP contribution < -0.4 is 0 Å². The van der Waals surface area contributed by atoms with Crippen LogP contribution in [0.25, 0.3) is 21.8 Å². The van der Waals surface area contributed by atoms with E-state index in [4.69, 9.17) is 0 Å². The van der Waals surface area contributed by atoms with Crippen LogP contribution in [0, 0.1) is 0 Å². The van der Waals surface area contributed by atoms with Gasteiger partial charge in [0.2, 0.25) is 0 Å². The first-order valence-electron chi connectivity index (χ1n) is 7.87. The Balaban J connectivity index is 2.68. The number of fused-ring (bicyclic) bond motifs is 3. The molecule has 3 rings (SSSR count). The van der Waals surface area contributed by atoms with E-state index in [-0.39, 0.29) is 10.8 Å². The van der Waals surface area contributed by atoms with E-state index < -0.39 is 0 Å². The summed E-state index contributed by atoms with van der Waals surface area (Å²) in [6.45, 7) is 13.7. The van der Waals surface area contributed by atoms with Crippen molar-refractivity contribution in [2.45, 2.75) is 52.4 Å². The molecule has 0 bridgehead atoms. The van der Waals surface area contributed by atoms with Crippen LogP contribution in [-0.2, 0) is 10.8 Å². The molecule has 114 valence electrons. The van der Waals surface area contributed by atoms with Gasteiger partial charge in [-0.3, -0.25) is 9.97 Å². The highest BCUT2D eigenvalue weighted by Crippen LogP contribution is 2.42. The first-order valence-corrected chi connectivity index (χ1v) is 7.87. The third kappa shape index (κ3) is 2.27. The van der Waals surface area contributed by atoms with Gasteiger partial charge < -0.3 is 0 Å². The highest BCUT2D eigenvalue weighted by molar-refractivity contribution is 6.07. The zero-order valence-corrected chi connectivity index (χ0v) is 14.4. The van der Waals surface area contributed by atoms with Crippen molar-refractivity contribution in [1.29, 1.82) is 0 Å². The van der Waals surface area contributed by atoms with Gasteiger partial charge in [0.25, 0.3) is 0 Å². The minimum absolute atomic E-state index is 0.0495. The summed E-state index contributed by atoms with van der Waals surface area (Å²) in [7, 11) is 0. The number of hydrogen-bond acceptors (Lipinski definition) is 2. The fraction of sp³-hybridized carbons (Fsp3) is 0.400. The summed E-state index contributed by atoms with van der Waals surface area (Å²) in [5.74, 6) is 0. The predicted molar refractivity (Wildman–Crippen MR) is 94.4 cm³/mol. The summed E-state index contributed by atoms with van der Waals surface area (Å²) in [5, 5.41) is 2.46. The van der Waals surface area contributed by atoms with Crippen molar-refractivity contribution in [1.82, 2.24) is 9.97 Å². The molecule has 0 N–H and O–H groups in total. The predicted octanol–water partition coefficient (Wildman–Crippen LogP) is 5.38. The lowest BCUT2D eigenvalue weighted by atomic mass is 9.72. The number of benzene rings is 1. The minimum atomic E-state index is 0.0495. The highest BCUT2D eigenvalue weighted by Gasteiger charge is 2.30. The van der Waals surface area contributed by atoms with Gasteiger partial charge in [-0.1, -0.05) is 53.7 Å². The van der Waals surface area contributed by atoms with Crippen LogP contribution in [0.1, 0.15) is 52.7 Å². The Kier molecular flexibility index (Phi) is 3.24. The van der Waals surface area contributed by atoms with Crippen molar-refractivity contribution in [3.8, 4) is 0 Å². The lowest BCUT2D eigenvalue weighted by Crippen LogP contribution is -2.23. The maximum absolute atomic E-state index is 4.64. The summed E-state index contributed by atoms with van der Waals surface area (Å²) >= 11 is 0. The normalized spacial score (nSPS) is 13.0. The first-order chi connectivity index (χ1) is 10.2. The van der Waals surface area contributed by atoms with E-state index >= 15 is 0 Å². The van der Waals surface area contributed by atoms with Crippen molar-refractivity contribution in [3.63, 3.8) is 0 Å². The Hall–Kier alpha value is -1.96. The standard InChI is InChI=1S/C20H24N2/c1-19(2,3)15-13-9-7-11-21-17(13)18-14(10-8-12-22-18)16(15)20(4,5)6/h7-12H,1-6H3. The molecule has 0 aliphatic rings. The van der Waals surface area contributed by atoms with E-state index in [2.05, 4.69) is 63.6 Å². The Labute approximate surface area is 132 Å². The molecule has 0 aliphatic carbocycles. The quantitative estimate of drug-likeness (QED) is 0.520. The van der Waals surface area contributed by atoms with Crippen molar-refractivity contribution >= 4 is 21.8 Å². The maximum atomic E-state index is 4.64. The van der Waals surface area contributed by atoms with Gasteiger partial charge in [0.05, 0.1) is 11.0 Å². The number of aromatic nitrogens is 2. The number of nitrogens with zero attached hydrogens (tertiary/aromatic N) is 2. The van der Waals surface area contributed by atoms with Crippen LogP contribution in [0.4, 0.5) is 0 Å². The van der Waals surface area contributed by atoms with Gasteiger partial charge in [-0.05, 0) is 34.1 Å². The molecule has 0 saturated heterocycles. The fourth-order valence-electron chi connectivity index (χ4n) is 3.42. The van der Waals surface area contributed by atoms with Crippen molar-refractivity contribution in [3.05, 3.63) is 47.8 Å². The van der Waals surface area contributed by atoms with Crippen LogP contribution in [0.15, 0.2) is 36.7 Å². The van der Waals surface area contributed by atoms with Gasteiger partial charge >= 0.3 is 0 Å². The Morgan fingerprint density at radius 2 is 1.00 bits per heavy atom. The number of rotatable bonds is 0. The summed E-state index contributed by atoms with van der Waals surface area (Å²) in [6, 6.07) is 8.43. The lowest BCUT2D eigenvalue weighted by molar-refractivity contribution is 0.539. The van der Waals surface area contributed by atoms with Gasteiger partial charge in [0.15, 0.2) is 0 Å². The van der Waals surface area contributed by atoms with E-state index in [1.54, 1.807) is 0 Å². The monoisotopic (exact) mass is 292 g/mol. The van der Waals surface area contributed by atoms with Crippen LogP contribution in [0.3, 0.4) is 0 Å². The van der Waals surface area contributed by atoms with Crippen LogP contribution in [0.5, 0.6) is 0 Å². The summed E-state index contributed by atoms with van der Waals surface area (Å²) < 4.78 is 0. The third-order valence-electron chi connectivity index (χ3n) is 4.13. The molecule has 0 spiro atoms. The summed E-state index contributed by atoms with van der Waals surface area (Å²) in [6.07, 6.45) is 3.72. The van der Waals surface area contributed by atoms with Gasteiger partial charge in [0, 0.05) is 23.2 Å². The van der Waals surface area contributed by atoms with Crippen LogP contribution >= 0.6 is 0 Å². The van der Waals surface area contributed by atoms with Crippen LogP contribution in [-0.4, -0.2) is 9.97 Å². The van der Waals surface area contributed by atoms with Crippen LogP contribution in [0.2, 0.25) is 0 Å². The molecule has 2 aromatic heterocycles. The molecule has 2 nitrogen and oxygen atoms in total. The van der Waals surface area contributed by atoms with E-state index in [0.717, 1.165) is 11.0 Å². The van der Waals surface area contributed by atoms with Crippen molar-refractivity contribution in [2.75, 3.05) is 0 Å². The topological polar surface area (TPSA) is 25.8 Å². The SMILES string of the molecule is CC(C)(C)c1c(C(C)(C)C)c2cccnc2c2ncccc12. The molecular formula is C20H24N2. The second-order valence-electron chi connectivity index (χ2n) is 8.05. The zero-order chi connectivity index (χ0) is 16.1. The molecule has 0 unspecified atom stereocenters. The molecule has 0 saturated carbocycles. The number of pyridine rings is 2. The van der Waals surface area contributed by atoms with E-state index in [0.29, 0.717) is 0 Å². The Bertz CT molecular complexity index is 776.